The number of aromatic nitrogens is 2. The highest BCUT2D eigenvalue weighted by Gasteiger charge is 2.56. The van der Waals surface area contributed by atoms with Gasteiger partial charge in [0.15, 0.2) is 0 Å². The largest absolute Gasteiger partial charge is 0.389 e. The van der Waals surface area contributed by atoms with E-state index in [1.165, 1.54) is 0 Å². The minimum absolute atomic E-state index is 0.00967. The zero-order valence-corrected chi connectivity index (χ0v) is 14.8. The van der Waals surface area contributed by atoms with E-state index in [9.17, 15) is 9.90 Å². The molecule has 3 aliphatic rings. The Hall–Kier alpha value is -1.44. The lowest BCUT2D eigenvalue weighted by atomic mass is 9.66. The summed E-state index contributed by atoms with van der Waals surface area (Å²) in [4.78, 5) is 15.0. The van der Waals surface area contributed by atoms with E-state index in [0.717, 1.165) is 12.1 Å². The van der Waals surface area contributed by atoms with Gasteiger partial charge >= 0.3 is 0 Å². The fraction of sp³-hybridized carbons (Fsp3) is 0.778. The summed E-state index contributed by atoms with van der Waals surface area (Å²) < 4.78 is 13.1. The molecule has 7 heteroatoms. The maximum Gasteiger partial charge on any atom is 0.223 e. The van der Waals surface area contributed by atoms with Crippen LogP contribution in [0, 0.1) is 11.8 Å². The third-order valence-electron chi connectivity index (χ3n) is 6.29. The average molecular weight is 349 g/mol. The molecule has 3 fully saturated rings. The summed E-state index contributed by atoms with van der Waals surface area (Å²) in [6, 6.07) is 2.03. The number of aliphatic hydroxyl groups is 1. The number of amides is 1. The summed E-state index contributed by atoms with van der Waals surface area (Å²) in [6.45, 7) is 2.88. The van der Waals surface area contributed by atoms with Gasteiger partial charge in [0.25, 0.3) is 0 Å². The highest BCUT2D eigenvalue weighted by Crippen LogP contribution is 2.44. The molecule has 1 amide bonds. The molecule has 1 aromatic heterocycles. The van der Waals surface area contributed by atoms with Crippen LogP contribution in [0.15, 0.2) is 12.3 Å². The normalized spacial score (nSPS) is 35.1. The van der Waals surface area contributed by atoms with Crippen LogP contribution in [0.1, 0.15) is 25.0 Å². The Morgan fingerprint density at radius 1 is 1.40 bits per heavy atom. The number of carbonyl (C=O) groups excluding carboxylic acids is 1. The van der Waals surface area contributed by atoms with Crippen LogP contribution in [-0.2, 0) is 27.7 Å². The van der Waals surface area contributed by atoms with Crippen LogP contribution >= 0.6 is 0 Å². The summed E-state index contributed by atoms with van der Waals surface area (Å²) in [5.74, 6) is 0.125. The van der Waals surface area contributed by atoms with Gasteiger partial charge in [-0.3, -0.25) is 9.48 Å². The van der Waals surface area contributed by atoms with Crippen molar-refractivity contribution in [2.24, 2.45) is 18.9 Å². The summed E-state index contributed by atoms with van der Waals surface area (Å²) >= 11 is 0. The molecule has 4 rings (SSSR count). The SMILES string of the molecule is Cn1nccc1CCC(=O)N1C[C@H]2COCC[C@@]2(O)[C@@H]2COCC[C@@H]21. The first kappa shape index (κ1) is 17.0. The minimum atomic E-state index is -0.762. The van der Waals surface area contributed by atoms with Crippen LogP contribution in [0.2, 0.25) is 0 Å². The molecule has 1 N–H and O–H groups in total. The number of likely N-dealkylation sites (tertiary alicyclic amines) is 1. The van der Waals surface area contributed by atoms with Gasteiger partial charge in [0.05, 0.1) is 18.8 Å². The number of aryl methyl sites for hydroxylation is 2. The van der Waals surface area contributed by atoms with Gasteiger partial charge in [-0.05, 0) is 18.9 Å². The van der Waals surface area contributed by atoms with E-state index in [4.69, 9.17) is 9.47 Å². The zero-order chi connectivity index (χ0) is 17.4. The van der Waals surface area contributed by atoms with Gasteiger partial charge in [-0.1, -0.05) is 0 Å². The Labute approximate surface area is 147 Å². The Bertz CT molecular complexity index is 634. The van der Waals surface area contributed by atoms with E-state index in [1.807, 2.05) is 22.7 Å². The van der Waals surface area contributed by atoms with Crippen molar-refractivity contribution in [2.45, 2.75) is 37.3 Å². The fourth-order valence-electron chi connectivity index (χ4n) is 4.77. The molecule has 0 saturated carbocycles. The van der Waals surface area contributed by atoms with Gasteiger partial charge in [-0.15, -0.1) is 0 Å². The number of ether oxygens (including phenoxy) is 2. The number of rotatable bonds is 3. The molecule has 0 bridgehead atoms. The van der Waals surface area contributed by atoms with E-state index in [2.05, 4.69) is 5.10 Å². The molecule has 4 atom stereocenters. The molecule has 25 heavy (non-hydrogen) atoms. The molecule has 3 aliphatic heterocycles. The number of hydrogen-bond donors (Lipinski definition) is 1. The number of nitrogens with zero attached hydrogens (tertiary/aromatic N) is 3. The van der Waals surface area contributed by atoms with Crippen molar-refractivity contribution < 1.29 is 19.4 Å². The topological polar surface area (TPSA) is 76.8 Å². The van der Waals surface area contributed by atoms with Gasteiger partial charge in [0.2, 0.25) is 5.91 Å². The second-order valence-corrected chi connectivity index (χ2v) is 7.54. The van der Waals surface area contributed by atoms with E-state index in [0.29, 0.717) is 52.2 Å². The summed E-state index contributed by atoms with van der Waals surface area (Å²) in [7, 11) is 1.90. The average Bonchev–Trinajstić information content (AvgIpc) is 3.04. The smallest absolute Gasteiger partial charge is 0.223 e. The second kappa shape index (κ2) is 6.70. The van der Waals surface area contributed by atoms with E-state index >= 15 is 0 Å². The van der Waals surface area contributed by atoms with E-state index in [1.54, 1.807) is 6.20 Å². The van der Waals surface area contributed by atoms with Crippen LogP contribution in [0.5, 0.6) is 0 Å². The van der Waals surface area contributed by atoms with Crippen molar-refractivity contribution in [1.82, 2.24) is 14.7 Å². The van der Waals surface area contributed by atoms with Crippen molar-refractivity contribution in [3.63, 3.8) is 0 Å². The summed E-state index contributed by atoms with van der Waals surface area (Å²) in [6.07, 6.45) is 4.35. The maximum absolute atomic E-state index is 13.0. The Morgan fingerprint density at radius 2 is 2.24 bits per heavy atom. The molecule has 0 unspecified atom stereocenters. The lowest BCUT2D eigenvalue weighted by Crippen LogP contribution is -2.68. The first-order valence-corrected chi connectivity index (χ1v) is 9.24. The predicted octanol–water partition coefficient (Wildman–Crippen LogP) is 0.368. The van der Waals surface area contributed by atoms with Gasteiger partial charge in [-0.25, -0.2) is 0 Å². The Kier molecular flexibility index (Phi) is 4.56. The highest BCUT2D eigenvalue weighted by molar-refractivity contribution is 5.77. The summed E-state index contributed by atoms with van der Waals surface area (Å²) in [5.41, 5.74) is 0.300. The number of hydrogen-bond acceptors (Lipinski definition) is 5. The predicted molar refractivity (Wildman–Crippen MR) is 89.8 cm³/mol. The van der Waals surface area contributed by atoms with Crippen molar-refractivity contribution in [3.05, 3.63) is 18.0 Å². The molecule has 138 valence electrons. The van der Waals surface area contributed by atoms with E-state index < -0.39 is 5.60 Å². The van der Waals surface area contributed by atoms with Crippen LogP contribution in [0.3, 0.4) is 0 Å². The van der Waals surface area contributed by atoms with Gasteiger partial charge in [-0.2, -0.15) is 5.10 Å². The molecule has 4 heterocycles. The molecule has 3 saturated heterocycles. The standard InChI is InChI=1S/C18H27N3O4/c1-20-14(4-7-19-20)2-3-17(22)21-10-13-11-25-9-6-18(13,23)15-12-24-8-5-16(15)21/h4,7,13,15-16,23H,2-3,5-6,8-12H2,1H3/t13-,15+,16-,18-/m0/s1. The van der Waals surface area contributed by atoms with Gasteiger partial charge in [0.1, 0.15) is 0 Å². The number of piperidine rings is 1. The molecule has 0 radical (unpaired) electrons. The molecular formula is C18H27N3O4. The summed E-state index contributed by atoms with van der Waals surface area (Å²) in [5, 5.41) is 15.5. The molecule has 0 spiro atoms. The Balaban J connectivity index is 1.50. The van der Waals surface area contributed by atoms with Crippen LogP contribution in [0.25, 0.3) is 0 Å². The number of fused-ring (bicyclic) bond motifs is 3. The van der Waals surface area contributed by atoms with Crippen molar-refractivity contribution in [1.29, 1.82) is 0 Å². The maximum atomic E-state index is 13.0. The molecule has 1 aromatic rings. The molecule has 0 aromatic carbocycles. The zero-order valence-electron chi connectivity index (χ0n) is 14.8. The van der Waals surface area contributed by atoms with Crippen LogP contribution in [-0.4, -0.2) is 70.3 Å². The van der Waals surface area contributed by atoms with Crippen LogP contribution < -0.4 is 0 Å². The lowest BCUT2D eigenvalue weighted by molar-refractivity contribution is -0.219. The number of carbonyl (C=O) groups is 1. The monoisotopic (exact) mass is 349 g/mol. The van der Waals surface area contributed by atoms with Crippen LogP contribution in [0.4, 0.5) is 0 Å². The molecule has 0 aliphatic carbocycles. The minimum Gasteiger partial charge on any atom is -0.389 e. The van der Waals surface area contributed by atoms with Crippen molar-refractivity contribution in [3.8, 4) is 0 Å². The third-order valence-corrected chi connectivity index (χ3v) is 6.29. The van der Waals surface area contributed by atoms with Gasteiger partial charge < -0.3 is 19.5 Å². The third kappa shape index (κ3) is 2.98. The van der Waals surface area contributed by atoms with Crippen molar-refractivity contribution >= 4 is 5.91 Å². The first-order chi connectivity index (χ1) is 12.1. The molecular weight excluding hydrogens is 322 g/mol. The van der Waals surface area contributed by atoms with Crippen molar-refractivity contribution in [2.75, 3.05) is 33.0 Å². The first-order valence-electron chi connectivity index (χ1n) is 9.24. The quantitative estimate of drug-likeness (QED) is 0.853. The molecule has 7 nitrogen and oxygen atoms in total. The van der Waals surface area contributed by atoms with E-state index in [-0.39, 0.29) is 23.8 Å². The van der Waals surface area contributed by atoms with Gasteiger partial charge in [0, 0.05) is 69.4 Å². The second-order valence-electron chi connectivity index (χ2n) is 7.54. The Morgan fingerprint density at radius 3 is 3.04 bits per heavy atom. The highest BCUT2D eigenvalue weighted by atomic mass is 16.5. The lowest BCUT2D eigenvalue weighted by Gasteiger charge is -2.57. The fourth-order valence-corrected chi connectivity index (χ4v) is 4.77.